The van der Waals surface area contributed by atoms with Crippen LogP contribution < -0.4 is 9.47 Å². The number of amides is 1. The molecule has 2 aliphatic heterocycles. The minimum absolute atomic E-state index is 0.00464. The molecule has 0 N–H and O–H groups in total. The maximum Gasteiger partial charge on any atom is 0.410 e. The van der Waals surface area contributed by atoms with Crippen molar-refractivity contribution in [2.24, 2.45) is 11.8 Å². The van der Waals surface area contributed by atoms with Gasteiger partial charge < -0.3 is 23.8 Å². The number of ether oxygens (including phenoxy) is 4. The number of carbonyl (C=O) groups is 1. The highest BCUT2D eigenvalue weighted by Gasteiger charge is 2.48. The molecule has 2 bridgehead atoms. The Kier molecular flexibility index (Phi) is 5.32. The van der Waals surface area contributed by atoms with Crippen molar-refractivity contribution in [1.29, 1.82) is 0 Å². The van der Waals surface area contributed by atoms with Crippen molar-refractivity contribution in [1.82, 2.24) is 14.9 Å². The Labute approximate surface area is 197 Å². The third-order valence-corrected chi connectivity index (χ3v) is 7.14. The van der Waals surface area contributed by atoms with Crippen LogP contribution in [0.15, 0.2) is 30.6 Å². The number of carbonyl (C=O) groups excluding carboxylic acids is 1. The molecule has 2 unspecified atom stereocenters. The molecule has 1 aromatic heterocycles. The molecule has 2 aliphatic carbocycles. The number of hydrogen-bond acceptors (Lipinski definition) is 7. The van der Waals surface area contributed by atoms with Crippen molar-refractivity contribution < 1.29 is 28.1 Å². The zero-order valence-corrected chi connectivity index (χ0v) is 19.1. The molecule has 1 aromatic carbocycles. The van der Waals surface area contributed by atoms with E-state index in [2.05, 4.69) is 9.97 Å². The van der Waals surface area contributed by atoms with Crippen molar-refractivity contribution >= 4 is 6.09 Å². The third-order valence-electron chi connectivity index (χ3n) is 7.14. The van der Waals surface area contributed by atoms with Gasteiger partial charge in [-0.3, -0.25) is 0 Å². The molecule has 4 aliphatic rings. The van der Waals surface area contributed by atoms with Gasteiger partial charge in [0.15, 0.2) is 11.6 Å². The lowest BCUT2D eigenvalue weighted by Crippen LogP contribution is -2.59. The van der Waals surface area contributed by atoms with E-state index in [-0.39, 0.29) is 41.3 Å². The van der Waals surface area contributed by atoms with Crippen LogP contribution in [0.4, 0.5) is 9.18 Å². The molecule has 2 saturated heterocycles. The van der Waals surface area contributed by atoms with Gasteiger partial charge in [0.2, 0.25) is 11.8 Å². The molecular formula is C25H28FN3O5. The Hall–Kier alpha value is -2.94. The van der Waals surface area contributed by atoms with Gasteiger partial charge in [0.05, 0.1) is 18.8 Å². The number of aromatic nitrogens is 2. The zero-order valence-electron chi connectivity index (χ0n) is 19.1. The van der Waals surface area contributed by atoms with E-state index in [1.165, 1.54) is 12.4 Å². The molecule has 2 saturated carbocycles. The van der Waals surface area contributed by atoms with Crippen LogP contribution in [0.25, 0.3) is 0 Å². The molecule has 2 aromatic rings. The van der Waals surface area contributed by atoms with Gasteiger partial charge in [0, 0.05) is 24.9 Å². The van der Waals surface area contributed by atoms with Crippen molar-refractivity contribution in [3.63, 3.8) is 0 Å². The summed E-state index contributed by atoms with van der Waals surface area (Å²) in [5.74, 6) is 0.718. The van der Waals surface area contributed by atoms with E-state index in [1.54, 1.807) is 23.1 Å². The van der Waals surface area contributed by atoms with E-state index in [0.29, 0.717) is 38.1 Å². The van der Waals surface area contributed by atoms with Crippen LogP contribution in [0.2, 0.25) is 0 Å². The number of nitrogens with zero attached hydrogens (tertiary/aromatic N) is 3. The van der Waals surface area contributed by atoms with E-state index >= 15 is 0 Å². The van der Waals surface area contributed by atoms with Gasteiger partial charge in [-0.15, -0.1) is 0 Å². The lowest BCUT2D eigenvalue weighted by molar-refractivity contribution is -0.112. The van der Waals surface area contributed by atoms with Gasteiger partial charge in [0.1, 0.15) is 18.0 Å². The Bertz CT molecular complexity index is 1080. The minimum Gasteiger partial charge on any atom is -0.473 e. The predicted octanol–water partition coefficient (Wildman–Crippen LogP) is 4.30. The first-order valence-electron chi connectivity index (χ1n) is 12.0. The molecular weight excluding hydrogens is 441 g/mol. The summed E-state index contributed by atoms with van der Waals surface area (Å²) in [6.45, 7) is 4.01. The molecule has 0 spiro atoms. The topological polar surface area (TPSA) is 83.0 Å². The van der Waals surface area contributed by atoms with E-state index in [4.69, 9.17) is 18.9 Å². The number of hydrogen-bond donors (Lipinski definition) is 0. The van der Waals surface area contributed by atoms with E-state index in [0.717, 1.165) is 31.2 Å². The highest BCUT2D eigenvalue weighted by Crippen LogP contribution is 2.49. The van der Waals surface area contributed by atoms with Gasteiger partial charge in [0.25, 0.3) is 0 Å². The normalized spacial score (nSPS) is 27.1. The van der Waals surface area contributed by atoms with Crippen molar-refractivity contribution in [3.05, 3.63) is 42.0 Å². The van der Waals surface area contributed by atoms with Crippen LogP contribution in [-0.4, -0.2) is 59.0 Å². The van der Waals surface area contributed by atoms with Crippen LogP contribution in [0.3, 0.4) is 0 Å². The van der Waals surface area contributed by atoms with Crippen molar-refractivity contribution in [2.75, 3.05) is 26.3 Å². The second kappa shape index (κ2) is 8.37. The second-order valence-corrected chi connectivity index (χ2v) is 10.1. The smallest absolute Gasteiger partial charge is 0.410 e. The summed E-state index contributed by atoms with van der Waals surface area (Å²) < 4.78 is 38.1. The molecule has 6 rings (SSSR count). The molecule has 34 heavy (non-hydrogen) atoms. The van der Waals surface area contributed by atoms with Crippen LogP contribution in [-0.2, 0) is 9.47 Å². The predicted molar refractivity (Wildman–Crippen MR) is 118 cm³/mol. The molecule has 9 heteroatoms. The number of para-hydroxylation sites is 1. The van der Waals surface area contributed by atoms with Gasteiger partial charge in [-0.05, 0) is 50.7 Å². The van der Waals surface area contributed by atoms with Crippen molar-refractivity contribution in [2.45, 2.75) is 50.2 Å². The quantitative estimate of drug-likeness (QED) is 0.624. The van der Waals surface area contributed by atoms with Gasteiger partial charge >= 0.3 is 6.09 Å². The molecule has 4 fully saturated rings. The van der Waals surface area contributed by atoms with E-state index in [1.807, 2.05) is 6.92 Å². The summed E-state index contributed by atoms with van der Waals surface area (Å²) in [4.78, 5) is 23.2. The second-order valence-electron chi connectivity index (χ2n) is 10.1. The molecule has 2 atom stereocenters. The number of piperidine rings is 1. The maximum atomic E-state index is 14.2. The summed E-state index contributed by atoms with van der Waals surface area (Å²) in [5.41, 5.74) is 0.485. The fourth-order valence-corrected chi connectivity index (χ4v) is 4.82. The number of halogens is 1. The fourth-order valence-electron chi connectivity index (χ4n) is 4.82. The number of benzene rings is 1. The van der Waals surface area contributed by atoms with Crippen LogP contribution in [0.1, 0.15) is 44.1 Å². The summed E-state index contributed by atoms with van der Waals surface area (Å²) in [6.07, 6.45) is 4.80. The van der Waals surface area contributed by atoms with Crippen LogP contribution >= 0.6 is 0 Å². The number of fused-ring (bicyclic) bond motifs is 2. The zero-order chi connectivity index (χ0) is 23.3. The standard InChI is InChI=1S/C25H28FN3O5/c1-25(8-9-25)34-24(30)29-10-16-12-31-13-17(11-29)21(16)33-23-20(15-6-7-15)22(27-14-28-23)32-19-5-3-2-4-18(19)26/h2-5,14-17,21H,6-13H2,1H3. The first kappa shape index (κ1) is 21.6. The SMILES string of the molecule is CC1(OC(=O)N2CC3COCC(C2)C3Oc2ncnc(Oc3ccccc3F)c2C2CC2)CC1. The lowest BCUT2D eigenvalue weighted by atomic mass is 9.84. The summed E-state index contributed by atoms with van der Waals surface area (Å²) in [6, 6.07) is 6.27. The Morgan fingerprint density at radius 3 is 2.50 bits per heavy atom. The van der Waals surface area contributed by atoms with Crippen LogP contribution in [0, 0.1) is 17.7 Å². The molecule has 0 radical (unpaired) electrons. The van der Waals surface area contributed by atoms with Crippen molar-refractivity contribution in [3.8, 4) is 17.5 Å². The van der Waals surface area contributed by atoms with Gasteiger partial charge in [-0.25, -0.2) is 19.2 Å². The molecule has 180 valence electrons. The molecule has 1 amide bonds. The van der Waals surface area contributed by atoms with E-state index < -0.39 is 5.82 Å². The van der Waals surface area contributed by atoms with Crippen LogP contribution in [0.5, 0.6) is 17.5 Å². The number of rotatable bonds is 6. The highest BCUT2D eigenvalue weighted by molar-refractivity contribution is 5.68. The Balaban J connectivity index is 1.22. The maximum absolute atomic E-state index is 14.2. The lowest BCUT2D eigenvalue weighted by Gasteiger charge is -2.46. The van der Waals surface area contributed by atoms with Gasteiger partial charge in [-0.2, -0.15) is 0 Å². The average Bonchev–Trinajstić information content (AvgIpc) is 3.74. The summed E-state index contributed by atoms with van der Waals surface area (Å²) in [7, 11) is 0. The van der Waals surface area contributed by atoms with Gasteiger partial charge in [-0.1, -0.05) is 12.1 Å². The highest BCUT2D eigenvalue weighted by atomic mass is 19.1. The monoisotopic (exact) mass is 469 g/mol. The number of likely N-dealkylation sites (tertiary alicyclic amines) is 1. The largest absolute Gasteiger partial charge is 0.473 e. The van der Waals surface area contributed by atoms with E-state index in [9.17, 15) is 9.18 Å². The third kappa shape index (κ3) is 4.29. The summed E-state index contributed by atoms with van der Waals surface area (Å²) >= 11 is 0. The Morgan fingerprint density at radius 2 is 1.82 bits per heavy atom. The molecule has 3 heterocycles. The summed E-state index contributed by atoms with van der Waals surface area (Å²) in [5, 5.41) is 0. The molecule has 8 nitrogen and oxygen atoms in total. The Morgan fingerprint density at radius 1 is 1.12 bits per heavy atom. The average molecular weight is 470 g/mol. The first-order valence-corrected chi connectivity index (χ1v) is 12.0. The fraction of sp³-hybridized carbons (Fsp3) is 0.560. The first-order chi connectivity index (χ1) is 16.5. The minimum atomic E-state index is -0.448.